The molecule has 0 radical (unpaired) electrons. The van der Waals surface area contributed by atoms with Gasteiger partial charge in [-0.15, -0.1) is 0 Å². The second-order valence-corrected chi connectivity index (χ2v) is 7.97. The van der Waals surface area contributed by atoms with E-state index >= 15 is 0 Å². The normalized spacial score (nSPS) is 26.5. The quantitative estimate of drug-likeness (QED) is 0.615. The van der Waals surface area contributed by atoms with Crippen molar-refractivity contribution in [3.63, 3.8) is 0 Å². The highest BCUT2D eigenvalue weighted by atomic mass is 79.9. The van der Waals surface area contributed by atoms with Gasteiger partial charge in [-0.2, -0.15) is 11.8 Å². The van der Waals surface area contributed by atoms with Crippen LogP contribution in [0.25, 0.3) is 0 Å². The van der Waals surface area contributed by atoms with Crippen molar-refractivity contribution in [1.29, 1.82) is 0 Å². The number of hydrogen-bond acceptors (Lipinski definition) is 2. The van der Waals surface area contributed by atoms with Gasteiger partial charge in [0.15, 0.2) is 0 Å². The van der Waals surface area contributed by atoms with E-state index in [4.69, 9.17) is 0 Å². The molecule has 1 rings (SSSR count). The Kier molecular flexibility index (Phi) is 7.64. The minimum absolute atomic E-state index is 0.499. The van der Waals surface area contributed by atoms with Crippen LogP contribution in [0.1, 0.15) is 53.4 Å². The smallest absolute Gasteiger partial charge is 0.0184 e. The van der Waals surface area contributed by atoms with Gasteiger partial charge < -0.3 is 0 Å². The molecular weight excluding hydrogens is 306 g/mol. The first-order chi connectivity index (χ1) is 8.58. The molecule has 2 unspecified atom stereocenters. The van der Waals surface area contributed by atoms with Gasteiger partial charge in [-0.3, -0.25) is 4.90 Å². The highest BCUT2D eigenvalue weighted by Crippen LogP contribution is 2.35. The summed E-state index contributed by atoms with van der Waals surface area (Å²) >= 11 is 5.94. The zero-order valence-corrected chi connectivity index (χ0v) is 14.9. The van der Waals surface area contributed by atoms with Crippen LogP contribution in [0.5, 0.6) is 0 Å². The first kappa shape index (κ1) is 16.8. The van der Waals surface area contributed by atoms with Crippen molar-refractivity contribution in [1.82, 2.24) is 4.90 Å². The predicted octanol–water partition coefficient (Wildman–Crippen LogP) is 4.79. The summed E-state index contributed by atoms with van der Waals surface area (Å²) in [5.41, 5.74) is 0.499. The molecule has 0 spiro atoms. The van der Waals surface area contributed by atoms with Crippen molar-refractivity contribution >= 4 is 27.7 Å². The lowest BCUT2D eigenvalue weighted by atomic mass is 9.80. The lowest BCUT2D eigenvalue weighted by Gasteiger charge is -2.44. The molecule has 0 amide bonds. The summed E-state index contributed by atoms with van der Waals surface area (Å²) < 4.78 is 0. The molecule has 0 N–H and O–H groups in total. The molecule has 0 aliphatic carbocycles. The molecule has 0 aromatic heterocycles. The first-order valence-corrected chi connectivity index (χ1v) is 9.67. The van der Waals surface area contributed by atoms with E-state index in [-0.39, 0.29) is 0 Å². The largest absolute Gasteiger partial charge is 0.298 e. The van der Waals surface area contributed by atoms with Crippen LogP contribution in [-0.4, -0.2) is 40.4 Å². The lowest BCUT2D eigenvalue weighted by Crippen LogP contribution is -2.50. The topological polar surface area (TPSA) is 3.24 Å². The van der Waals surface area contributed by atoms with Crippen molar-refractivity contribution in [3.05, 3.63) is 0 Å². The minimum atomic E-state index is 0.499. The van der Waals surface area contributed by atoms with E-state index in [9.17, 15) is 0 Å². The summed E-state index contributed by atoms with van der Waals surface area (Å²) in [6, 6.07) is 0.732. The maximum atomic E-state index is 3.81. The summed E-state index contributed by atoms with van der Waals surface area (Å²) in [7, 11) is 0. The summed E-state index contributed by atoms with van der Waals surface area (Å²) in [5, 5.41) is 1.95. The van der Waals surface area contributed by atoms with E-state index in [0.29, 0.717) is 5.41 Å². The van der Waals surface area contributed by atoms with E-state index < -0.39 is 0 Å². The number of hydrogen-bond donors (Lipinski definition) is 0. The Morgan fingerprint density at radius 2 is 1.83 bits per heavy atom. The molecule has 1 nitrogen and oxygen atoms in total. The van der Waals surface area contributed by atoms with E-state index in [1.165, 1.54) is 44.5 Å². The van der Waals surface area contributed by atoms with Crippen LogP contribution in [0.4, 0.5) is 0 Å². The Morgan fingerprint density at radius 1 is 1.22 bits per heavy atom. The molecule has 1 fully saturated rings. The zero-order chi connectivity index (χ0) is 13.6. The predicted molar refractivity (Wildman–Crippen MR) is 89.0 cm³/mol. The molecule has 108 valence electrons. The monoisotopic (exact) mass is 335 g/mol. The second kappa shape index (κ2) is 8.16. The highest BCUT2D eigenvalue weighted by molar-refractivity contribution is 9.09. The van der Waals surface area contributed by atoms with Crippen molar-refractivity contribution in [3.8, 4) is 0 Å². The Bertz CT molecular complexity index is 229. The Hall–Kier alpha value is 0.790. The third kappa shape index (κ3) is 4.42. The molecule has 0 aromatic rings. The van der Waals surface area contributed by atoms with Gasteiger partial charge >= 0.3 is 0 Å². The van der Waals surface area contributed by atoms with Crippen LogP contribution in [0, 0.1) is 5.41 Å². The van der Waals surface area contributed by atoms with Gasteiger partial charge in [-0.25, -0.2) is 0 Å². The maximum Gasteiger partial charge on any atom is 0.0184 e. The highest BCUT2D eigenvalue weighted by Gasteiger charge is 2.34. The summed E-state index contributed by atoms with van der Waals surface area (Å²) in [6.45, 7) is 12.0. The van der Waals surface area contributed by atoms with Gasteiger partial charge in [0.2, 0.25) is 0 Å². The van der Waals surface area contributed by atoms with Crippen molar-refractivity contribution in [2.24, 2.45) is 5.41 Å². The van der Waals surface area contributed by atoms with E-state index in [2.05, 4.69) is 60.3 Å². The third-order valence-electron chi connectivity index (χ3n) is 4.40. The van der Waals surface area contributed by atoms with Gasteiger partial charge in [0, 0.05) is 35.5 Å². The fourth-order valence-electron chi connectivity index (χ4n) is 3.17. The van der Waals surface area contributed by atoms with Crippen LogP contribution >= 0.6 is 27.7 Å². The number of alkyl halides is 1. The van der Waals surface area contributed by atoms with Crippen LogP contribution in [0.2, 0.25) is 0 Å². The Balaban J connectivity index is 2.68. The van der Waals surface area contributed by atoms with E-state index in [0.717, 1.165) is 16.6 Å². The van der Waals surface area contributed by atoms with Crippen molar-refractivity contribution in [2.75, 3.05) is 24.2 Å². The standard InChI is InChI=1S/C15H30BrNS/c1-5-7-15(11-16,8-6-2)12-17-9-10-18-14(4)13(17)3/h13-14H,5-12H2,1-4H3. The number of nitrogens with zero attached hydrogens (tertiary/aromatic N) is 1. The molecule has 0 bridgehead atoms. The summed E-state index contributed by atoms with van der Waals surface area (Å²) in [6.07, 6.45) is 5.32. The fourth-order valence-corrected chi connectivity index (χ4v) is 5.07. The van der Waals surface area contributed by atoms with Crippen LogP contribution in [0.3, 0.4) is 0 Å². The van der Waals surface area contributed by atoms with Gasteiger partial charge in [0.25, 0.3) is 0 Å². The molecule has 18 heavy (non-hydrogen) atoms. The van der Waals surface area contributed by atoms with Gasteiger partial charge in [0.05, 0.1) is 0 Å². The van der Waals surface area contributed by atoms with Gasteiger partial charge in [-0.1, -0.05) is 49.5 Å². The third-order valence-corrected chi connectivity index (χ3v) is 6.92. The first-order valence-electron chi connectivity index (χ1n) is 7.50. The minimum Gasteiger partial charge on any atom is -0.298 e. The average Bonchev–Trinajstić information content (AvgIpc) is 2.35. The Labute approximate surface area is 127 Å². The molecule has 1 aliphatic rings. The molecule has 3 heteroatoms. The summed E-state index contributed by atoms with van der Waals surface area (Å²) in [5.74, 6) is 1.31. The molecule has 1 saturated heterocycles. The maximum absolute atomic E-state index is 3.81. The van der Waals surface area contributed by atoms with Crippen molar-refractivity contribution < 1.29 is 0 Å². The molecule has 0 saturated carbocycles. The molecule has 1 heterocycles. The average molecular weight is 336 g/mol. The molecule has 2 atom stereocenters. The van der Waals surface area contributed by atoms with Gasteiger partial charge in [-0.05, 0) is 25.2 Å². The van der Waals surface area contributed by atoms with Gasteiger partial charge in [0.1, 0.15) is 0 Å². The second-order valence-electron chi connectivity index (χ2n) is 5.92. The number of halogens is 1. The van der Waals surface area contributed by atoms with Crippen LogP contribution in [-0.2, 0) is 0 Å². The molecule has 0 aromatic carbocycles. The summed E-state index contributed by atoms with van der Waals surface area (Å²) in [4.78, 5) is 2.74. The fraction of sp³-hybridized carbons (Fsp3) is 1.00. The van der Waals surface area contributed by atoms with E-state index in [1.807, 2.05) is 0 Å². The number of rotatable bonds is 7. The molecule has 1 aliphatic heterocycles. The molecular formula is C15H30BrNS. The lowest BCUT2D eigenvalue weighted by molar-refractivity contribution is 0.116. The van der Waals surface area contributed by atoms with E-state index in [1.54, 1.807) is 0 Å². The van der Waals surface area contributed by atoms with Crippen LogP contribution in [0.15, 0.2) is 0 Å². The Morgan fingerprint density at radius 3 is 2.33 bits per heavy atom. The number of thioether (sulfide) groups is 1. The SMILES string of the molecule is CCCC(CBr)(CCC)CN1CCSC(C)C1C. The van der Waals surface area contributed by atoms with Crippen LogP contribution < -0.4 is 0 Å². The van der Waals surface area contributed by atoms with Crippen molar-refractivity contribution in [2.45, 2.75) is 64.7 Å². The zero-order valence-electron chi connectivity index (χ0n) is 12.5.